The average Bonchev–Trinajstić information content (AvgIpc) is 2.49. The third kappa shape index (κ3) is 3.77. The second-order valence-electron chi connectivity index (χ2n) is 5.06. The third-order valence-corrected chi connectivity index (χ3v) is 3.40. The van der Waals surface area contributed by atoms with Gasteiger partial charge in [-0.3, -0.25) is 20.3 Å². The number of non-ortho nitro benzene ring substituents is 1. The van der Waals surface area contributed by atoms with Crippen LogP contribution in [0.1, 0.15) is 20.7 Å². The van der Waals surface area contributed by atoms with Crippen LogP contribution in [-0.4, -0.2) is 65.0 Å². The maximum Gasteiger partial charge on any atom is 0.335 e. The minimum Gasteiger partial charge on any atom is -0.478 e. The second-order valence-corrected chi connectivity index (χ2v) is 5.06. The van der Waals surface area contributed by atoms with Gasteiger partial charge in [-0.15, -0.1) is 0 Å². The van der Waals surface area contributed by atoms with E-state index in [0.717, 1.165) is 31.3 Å². The van der Waals surface area contributed by atoms with Gasteiger partial charge in [0.2, 0.25) is 0 Å². The van der Waals surface area contributed by atoms with Gasteiger partial charge in [0.05, 0.1) is 10.5 Å². The van der Waals surface area contributed by atoms with Gasteiger partial charge in [-0.1, -0.05) is 0 Å². The highest BCUT2D eigenvalue weighted by molar-refractivity contribution is 5.98. The summed E-state index contributed by atoms with van der Waals surface area (Å²) in [6.07, 6.45) is 0. The lowest BCUT2D eigenvalue weighted by Gasteiger charge is -2.32. The topological polar surface area (TPSA) is 116 Å². The van der Waals surface area contributed by atoms with Crippen molar-refractivity contribution in [3.05, 3.63) is 39.4 Å². The van der Waals surface area contributed by atoms with Gasteiger partial charge in [-0.2, -0.15) is 0 Å². The fourth-order valence-corrected chi connectivity index (χ4v) is 2.10. The molecular weight excluding hydrogens is 292 g/mol. The van der Waals surface area contributed by atoms with Crippen LogP contribution in [0.4, 0.5) is 5.69 Å². The smallest absolute Gasteiger partial charge is 0.335 e. The van der Waals surface area contributed by atoms with E-state index in [2.05, 4.69) is 10.3 Å². The van der Waals surface area contributed by atoms with Crippen molar-refractivity contribution < 1.29 is 19.6 Å². The van der Waals surface area contributed by atoms with E-state index in [1.54, 1.807) is 5.01 Å². The molecule has 1 saturated heterocycles. The van der Waals surface area contributed by atoms with Crippen LogP contribution in [0.3, 0.4) is 0 Å². The van der Waals surface area contributed by atoms with Crippen molar-refractivity contribution in [3.63, 3.8) is 0 Å². The molecule has 0 saturated carbocycles. The Balaban J connectivity index is 2.18. The highest BCUT2D eigenvalue weighted by Gasteiger charge is 2.20. The van der Waals surface area contributed by atoms with Gasteiger partial charge in [0.15, 0.2) is 0 Å². The van der Waals surface area contributed by atoms with E-state index in [4.69, 9.17) is 5.11 Å². The Hall–Kier alpha value is -2.52. The molecule has 9 heteroatoms. The number of benzene rings is 1. The van der Waals surface area contributed by atoms with E-state index in [1.165, 1.54) is 0 Å². The molecule has 0 spiro atoms. The van der Waals surface area contributed by atoms with Gasteiger partial charge in [0.25, 0.3) is 11.6 Å². The van der Waals surface area contributed by atoms with Gasteiger partial charge in [-0.25, -0.2) is 9.80 Å². The number of nitrogens with zero attached hydrogens (tertiary/aromatic N) is 3. The van der Waals surface area contributed by atoms with Crippen molar-refractivity contribution in [3.8, 4) is 0 Å². The number of carboxylic acids is 1. The summed E-state index contributed by atoms with van der Waals surface area (Å²) < 4.78 is 0. The summed E-state index contributed by atoms with van der Waals surface area (Å²) in [6.45, 7) is 2.83. The summed E-state index contributed by atoms with van der Waals surface area (Å²) in [6, 6.07) is 3.12. The largest absolute Gasteiger partial charge is 0.478 e. The Labute approximate surface area is 126 Å². The SMILES string of the molecule is CN1CCN(NC(=O)c2cc(C(=O)O)cc([N+](=O)[O-])c2)CC1. The normalized spacial score (nSPS) is 16.2. The average molecular weight is 308 g/mol. The molecule has 1 aliphatic rings. The number of rotatable bonds is 4. The van der Waals surface area contributed by atoms with Crippen molar-refractivity contribution in [2.75, 3.05) is 33.2 Å². The van der Waals surface area contributed by atoms with Crippen LogP contribution in [-0.2, 0) is 0 Å². The summed E-state index contributed by atoms with van der Waals surface area (Å²) in [4.78, 5) is 35.4. The predicted molar refractivity (Wildman–Crippen MR) is 76.6 cm³/mol. The van der Waals surface area contributed by atoms with E-state index >= 15 is 0 Å². The molecule has 1 aromatic carbocycles. The lowest BCUT2D eigenvalue weighted by Crippen LogP contribution is -2.52. The molecule has 22 heavy (non-hydrogen) atoms. The maximum absolute atomic E-state index is 12.2. The second kappa shape index (κ2) is 6.50. The monoisotopic (exact) mass is 308 g/mol. The zero-order valence-corrected chi connectivity index (χ0v) is 12.0. The molecule has 1 aliphatic heterocycles. The lowest BCUT2D eigenvalue weighted by atomic mass is 10.1. The number of amides is 1. The van der Waals surface area contributed by atoms with Crippen LogP contribution < -0.4 is 5.43 Å². The number of likely N-dealkylation sites (N-methyl/N-ethyl adjacent to an activating group) is 1. The van der Waals surface area contributed by atoms with E-state index in [0.29, 0.717) is 13.1 Å². The van der Waals surface area contributed by atoms with E-state index in [9.17, 15) is 19.7 Å². The number of hydrogen-bond acceptors (Lipinski definition) is 6. The van der Waals surface area contributed by atoms with Crippen LogP contribution in [0.5, 0.6) is 0 Å². The van der Waals surface area contributed by atoms with E-state index in [-0.39, 0.29) is 11.1 Å². The van der Waals surface area contributed by atoms with Crippen molar-refractivity contribution in [1.29, 1.82) is 0 Å². The number of nitrogens with one attached hydrogen (secondary N) is 1. The minimum absolute atomic E-state index is 0.0504. The lowest BCUT2D eigenvalue weighted by molar-refractivity contribution is -0.384. The molecule has 1 fully saturated rings. The molecule has 0 atom stereocenters. The Morgan fingerprint density at radius 3 is 2.32 bits per heavy atom. The first-order chi connectivity index (χ1) is 10.4. The maximum atomic E-state index is 12.2. The first-order valence-electron chi connectivity index (χ1n) is 6.64. The summed E-state index contributed by atoms with van der Waals surface area (Å²) in [5.41, 5.74) is 1.87. The summed E-state index contributed by atoms with van der Waals surface area (Å²) in [5.74, 6) is -1.88. The molecule has 0 radical (unpaired) electrons. The van der Waals surface area contributed by atoms with Gasteiger partial charge in [0.1, 0.15) is 0 Å². The summed E-state index contributed by atoms with van der Waals surface area (Å²) in [7, 11) is 1.97. The predicted octanol–water partition coefficient (Wildman–Crippen LogP) is 0.185. The van der Waals surface area contributed by atoms with Gasteiger partial charge in [-0.05, 0) is 13.1 Å². The number of carbonyl (C=O) groups is 2. The number of nitro benzene ring substituents is 1. The molecule has 2 N–H and O–H groups in total. The first kappa shape index (κ1) is 15.9. The number of nitro groups is 1. The number of carbonyl (C=O) groups excluding carboxylic acids is 1. The molecule has 1 amide bonds. The number of carboxylic acid groups (broad SMARTS) is 1. The third-order valence-electron chi connectivity index (χ3n) is 3.40. The van der Waals surface area contributed by atoms with Crippen LogP contribution in [0.15, 0.2) is 18.2 Å². The fourth-order valence-electron chi connectivity index (χ4n) is 2.10. The Bertz CT molecular complexity index is 578. The molecule has 2 rings (SSSR count). The fraction of sp³-hybridized carbons (Fsp3) is 0.385. The molecule has 1 heterocycles. The number of hydrogen-bond donors (Lipinski definition) is 2. The molecule has 0 aromatic heterocycles. The van der Waals surface area contributed by atoms with Crippen molar-refractivity contribution >= 4 is 17.6 Å². The van der Waals surface area contributed by atoms with Gasteiger partial charge < -0.3 is 10.0 Å². The number of piperazine rings is 1. The molecule has 0 aliphatic carbocycles. The zero-order chi connectivity index (χ0) is 16.3. The summed E-state index contributed by atoms with van der Waals surface area (Å²) >= 11 is 0. The first-order valence-corrected chi connectivity index (χ1v) is 6.64. The van der Waals surface area contributed by atoms with Crippen LogP contribution in [0.2, 0.25) is 0 Å². The van der Waals surface area contributed by atoms with Crippen molar-refractivity contribution in [1.82, 2.24) is 15.3 Å². The van der Waals surface area contributed by atoms with Crippen LogP contribution in [0.25, 0.3) is 0 Å². The molecule has 0 unspecified atom stereocenters. The van der Waals surface area contributed by atoms with Crippen LogP contribution in [0, 0.1) is 10.1 Å². The van der Waals surface area contributed by atoms with Crippen molar-refractivity contribution in [2.24, 2.45) is 0 Å². The minimum atomic E-state index is -1.32. The molecule has 0 bridgehead atoms. The summed E-state index contributed by atoms with van der Waals surface area (Å²) in [5, 5.41) is 21.5. The highest BCUT2D eigenvalue weighted by Crippen LogP contribution is 2.17. The standard InChI is InChI=1S/C13H16N4O5/c1-15-2-4-16(5-3-15)14-12(18)9-6-10(13(19)20)8-11(7-9)17(21)22/h6-8H,2-5H2,1H3,(H,14,18)(H,19,20). The number of hydrazine groups is 1. The highest BCUT2D eigenvalue weighted by atomic mass is 16.6. The van der Waals surface area contributed by atoms with E-state index in [1.807, 2.05) is 7.05 Å². The Morgan fingerprint density at radius 1 is 1.18 bits per heavy atom. The molecular formula is C13H16N4O5. The van der Waals surface area contributed by atoms with Gasteiger partial charge >= 0.3 is 5.97 Å². The van der Waals surface area contributed by atoms with Gasteiger partial charge in [0, 0.05) is 43.9 Å². The van der Waals surface area contributed by atoms with Crippen LogP contribution >= 0.6 is 0 Å². The molecule has 1 aromatic rings. The molecule has 9 nitrogen and oxygen atoms in total. The Morgan fingerprint density at radius 2 is 1.77 bits per heavy atom. The molecule has 118 valence electrons. The zero-order valence-electron chi connectivity index (χ0n) is 12.0. The quantitative estimate of drug-likeness (QED) is 0.602. The van der Waals surface area contributed by atoms with E-state index < -0.39 is 22.5 Å². The Kier molecular flexibility index (Phi) is 4.68. The number of aromatic carboxylic acids is 1. The van der Waals surface area contributed by atoms with Crippen molar-refractivity contribution in [2.45, 2.75) is 0 Å².